The molecule has 0 radical (unpaired) electrons. The molecule has 4 aromatic rings. The summed E-state index contributed by atoms with van der Waals surface area (Å²) in [5.41, 5.74) is -0.338. The first-order valence-electron chi connectivity index (χ1n) is 14.0. The zero-order valence-corrected chi connectivity index (χ0v) is 24.2. The molecular weight excluding hydrogens is 564 g/mol. The first kappa shape index (κ1) is 31.4. The van der Waals surface area contributed by atoms with E-state index >= 15 is 0 Å². The van der Waals surface area contributed by atoms with Gasteiger partial charge < -0.3 is 18.9 Å². The summed E-state index contributed by atoms with van der Waals surface area (Å²) in [7, 11) is 0. The molecule has 9 heteroatoms. The third-order valence-corrected chi connectivity index (χ3v) is 6.38. The van der Waals surface area contributed by atoms with Crippen molar-refractivity contribution in [3.05, 3.63) is 125 Å². The van der Waals surface area contributed by atoms with Crippen LogP contribution in [0.3, 0.4) is 0 Å². The van der Waals surface area contributed by atoms with Crippen molar-refractivity contribution < 1.29 is 42.9 Å². The lowest BCUT2D eigenvalue weighted by atomic mass is 10.0. The van der Waals surface area contributed by atoms with E-state index < -0.39 is 46.9 Å². The van der Waals surface area contributed by atoms with Crippen LogP contribution in [0.2, 0.25) is 0 Å². The Morgan fingerprint density at radius 1 is 0.568 bits per heavy atom. The van der Waals surface area contributed by atoms with E-state index in [2.05, 4.69) is 0 Å². The number of carbonyl (C=O) groups is 5. The van der Waals surface area contributed by atoms with Gasteiger partial charge in [-0.15, -0.1) is 0 Å². The number of rotatable bonds is 12. The molecule has 0 fully saturated rings. The maximum absolute atomic E-state index is 13.3. The second-order valence-corrected chi connectivity index (χ2v) is 9.62. The number of hydrogen-bond acceptors (Lipinski definition) is 9. The molecule has 0 spiro atoms. The number of esters is 4. The Balaban J connectivity index is 1.91. The topological polar surface area (TPSA) is 122 Å². The van der Waals surface area contributed by atoms with Crippen molar-refractivity contribution in [2.24, 2.45) is 0 Å². The van der Waals surface area contributed by atoms with Crippen LogP contribution >= 0.6 is 0 Å². The van der Waals surface area contributed by atoms with Gasteiger partial charge in [0, 0.05) is 6.07 Å². The van der Waals surface area contributed by atoms with E-state index in [0.29, 0.717) is 6.42 Å². The van der Waals surface area contributed by atoms with Gasteiger partial charge in [-0.2, -0.15) is 0 Å². The molecule has 44 heavy (non-hydrogen) atoms. The molecule has 0 aromatic heterocycles. The third-order valence-electron chi connectivity index (χ3n) is 6.38. The standard InChI is InChI=1S/C35H30O9/c1-3-4-14-21-41-35(40)27-22-28(42-32(37)24-15-8-5-9-16-24)30(43-33(38)25-17-10-6-11-18-25)31(29(27)23(2)36)44-34(39)26-19-12-7-13-20-26/h5-13,15-20,22H,3-4,14,21H2,1-2H3. The van der Waals surface area contributed by atoms with Crippen molar-refractivity contribution in [3.8, 4) is 17.2 Å². The molecule has 224 valence electrons. The van der Waals surface area contributed by atoms with Crippen molar-refractivity contribution in [3.63, 3.8) is 0 Å². The van der Waals surface area contributed by atoms with Gasteiger partial charge in [-0.05, 0) is 49.7 Å². The molecule has 0 aliphatic carbocycles. The SMILES string of the molecule is CCCCCOC(=O)c1cc(OC(=O)c2ccccc2)c(OC(=O)c2ccccc2)c(OC(=O)c2ccccc2)c1C(C)=O. The number of unbranched alkanes of at least 4 members (excludes halogenated alkanes) is 2. The Kier molecular flexibility index (Phi) is 10.7. The number of Topliss-reactive ketones (excluding diaryl/α,β-unsaturated/α-hetero) is 1. The van der Waals surface area contributed by atoms with Gasteiger partial charge in [0.25, 0.3) is 0 Å². The Morgan fingerprint density at radius 3 is 1.48 bits per heavy atom. The summed E-state index contributed by atoms with van der Waals surface area (Å²) in [6.07, 6.45) is 2.27. The zero-order chi connectivity index (χ0) is 31.5. The summed E-state index contributed by atoms with van der Waals surface area (Å²) < 4.78 is 22.4. The normalized spacial score (nSPS) is 10.4. The second-order valence-electron chi connectivity index (χ2n) is 9.62. The van der Waals surface area contributed by atoms with Gasteiger partial charge in [-0.3, -0.25) is 4.79 Å². The van der Waals surface area contributed by atoms with Crippen LogP contribution < -0.4 is 14.2 Å². The van der Waals surface area contributed by atoms with Gasteiger partial charge in [0.2, 0.25) is 5.75 Å². The molecule has 0 aliphatic rings. The Bertz CT molecular complexity index is 1650. The molecule has 0 atom stereocenters. The fourth-order valence-corrected chi connectivity index (χ4v) is 4.18. The monoisotopic (exact) mass is 594 g/mol. The minimum Gasteiger partial charge on any atom is -0.462 e. The van der Waals surface area contributed by atoms with E-state index in [4.69, 9.17) is 18.9 Å². The minimum atomic E-state index is -0.918. The lowest BCUT2D eigenvalue weighted by Crippen LogP contribution is -2.20. The van der Waals surface area contributed by atoms with E-state index in [1.807, 2.05) is 6.92 Å². The predicted octanol–water partition coefficient (Wildman–Crippen LogP) is 6.89. The lowest BCUT2D eigenvalue weighted by molar-refractivity contribution is 0.0490. The average molecular weight is 595 g/mol. The summed E-state index contributed by atoms with van der Waals surface area (Å²) in [5, 5.41) is 0. The molecule has 0 N–H and O–H groups in total. The van der Waals surface area contributed by atoms with Crippen LogP contribution in [0.15, 0.2) is 97.1 Å². The molecular formula is C35H30O9. The average Bonchev–Trinajstić information content (AvgIpc) is 3.05. The van der Waals surface area contributed by atoms with Gasteiger partial charge in [0.1, 0.15) is 0 Å². The summed E-state index contributed by atoms with van der Waals surface area (Å²) in [4.78, 5) is 66.1. The van der Waals surface area contributed by atoms with Crippen molar-refractivity contribution in [2.75, 3.05) is 6.61 Å². The largest absolute Gasteiger partial charge is 0.462 e. The van der Waals surface area contributed by atoms with E-state index in [1.165, 1.54) is 36.4 Å². The van der Waals surface area contributed by atoms with Crippen LogP contribution in [0, 0.1) is 0 Å². The molecule has 0 saturated carbocycles. The van der Waals surface area contributed by atoms with Crippen molar-refractivity contribution in [2.45, 2.75) is 33.1 Å². The van der Waals surface area contributed by atoms with E-state index in [0.717, 1.165) is 25.8 Å². The molecule has 0 amide bonds. The highest BCUT2D eigenvalue weighted by molar-refractivity contribution is 6.10. The van der Waals surface area contributed by atoms with Crippen LogP contribution in [0.1, 0.15) is 84.9 Å². The van der Waals surface area contributed by atoms with Crippen LogP contribution in [-0.2, 0) is 4.74 Å². The van der Waals surface area contributed by atoms with E-state index in [1.54, 1.807) is 54.6 Å². The van der Waals surface area contributed by atoms with Crippen molar-refractivity contribution in [1.82, 2.24) is 0 Å². The highest BCUT2D eigenvalue weighted by Crippen LogP contribution is 2.44. The number of hydrogen-bond donors (Lipinski definition) is 0. The number of ether oxygens (including phenoxy) is 4. The molecule has 9 nitrogen and oxygen atoms in total. The molecule has 0 bridgehead atoms. The summed E-state index contributed by atoms with van der Waals surface area (Å²) in [5.74, 6) is -5.84. The number of carbonyl (C=O) groups excluding carboxylic acids is 5. The lowest BCUT2D eigenvalue weighted by Gasteiger charge is -2.19. The third kappa shape index (κ3) is 7.83. The smallest absolute Gasteiger partial charge is 0.343 e. The van der Waals surface area contributed by atoms with Gasteiger partial charge in [0.15, 0.2) is 17.3 Å². The quantitative estimate of drug-likeness (QED) is 0.0746. The number of ketones is 1. The first-order valence-corrected chi connectivity index (χ1v) is 14.0. The highest BCUT2D eigenvalue weighted by Gasteiger charge is 2.33. The van der Waals surface area contributed by atoms with Crippen LogP contribution in [0.25, 0.3) is 0 Å². The summed E-state index contributed by atoms with van der Waals surface area (Å²) in [6.45, 7) is 3.21. The minimum absolute atomic E-state index is 0.0625. The van der Waals surface area contributed by atoms with Crippen LogP contribution in [-0.4, -0.2) is 36.3 Å². The van der Waals surface area contributed by atoms with Gasteiger partial charge >= 0.3 is 23.9 Å². The molecule has 0 heterocycles. The molecule has 0 unspecified atom stereocenters. The molecule has 0 saturated heterocycles. The maximum Gasteiger partial charge on any atom is 0.343 e. The van der Waals surface area contributed by atoms with Crippen molar-refractivity contribution >= 4 is 29.7 Å². The second kappa shape index (κ2) is 15.1. The van der Waals surface area contributed by atoms with Crippen molar-refractivity contribution in [1.29, 1.82) is 0 Å². The van der Waals surface area contributed by atoms with Gasteiger partial charge in [-0.1, -0.05) is 74.4 Å². The van der Waals surface area contributed by atoms with Crippen LogP contribution in [0.4, 0.5) is 0 Å². The summed E-state index contributed by atoms with van der Waals surface area (Å²) >= 11 is 0. The molecule has 4 rings (SSSR count). The van der Waals surface area contributed by atoms with Crippen LogP contribution in [0.5, 0.6) is 17.2 Å². The van der Waals surface area contributed by atoms with E-state index in [-0.39, 0.29) is 34.4 Å². The fraction of sp³-hybridized carbons (Fsp3) is 0.171. The Hall–Kier alpha value is -5.57. The zero-order valence-electron chi connectivity index (χ0n) is 24.2. The maximum atomic E-state index is 13.3. The highest BCUT2D eigenvalue weighted by atomic mass is 16.6. The van der Waals surface area contributed by atoms with Gasteiger partial charge in [-0.25, -0.2) is 19.2 Å². The Morgan fingerprint density at radius 2 is 1.02 bits per heavy atom. The number of benzene rings is 4. The summed E-state index contributed by atoms with van der Waals surface area (Å²) in [6, 6.07) is 24.8. The molecule has 0 aliphatic heterocycles. The van der Waals surface area contributed by atoms with E-state index in [9.17, 15) is 24.0 Å². The van der Waals surface area contributed by atoms with Gasteiger partial charge in [0.05, 0.1) is 34.4 Å². The first-order chi connectivity index (χ1) is 21.3. The Labute approximate surface area is 254 Å². The molecule has 4 aromatic carbocycles. The predicted molar refractivity (Wildman–Crippen MR) is 160 cm³/mol. The fourth-order valence-electron chi connectivity index (χ4n) is 4.18.